The number of hydrogen-bond donors (Lipinski definition) is 1. The van der Waals surface area contributed by atoms with Crippen LogP contribution in [0.4, 0.5) is 10.1 Å². The average molecular weight is 224 g/mol. The van der Waals surface area contributed by atoms with Crippen LogP contribution >= 0.6 is 27.5 Å². The second-order valence-corrected chi connectivity index (χ2v) is 3.02. The maximum atomic E-state index is 12.6. The zero-order chi connectivity index (χ0) is 7.72. The van der Waals surface area contributed by atoms with Gasteiger partial charge in [0.05, 0.1) is 10.2 Å². The molecule has 1 aromatic rings. The third kappa shape index (κ3) is 1.41. The van der Waals surface area contributed by atoms with E-state index in [-0.39, 0.29) is 4.47 Å². The molecule has 0 aliphatic rings. The highest BCUT2D eigenvalue weighted by atomic mass is 79.9. The number of halogens is 3. The summed E-state index contributed by atoms with van der Waals surface area (Å²) in [4.78, 5) is 0. The Hall–Kier alpha value is -0.280. The predicted octanol–water partition coefficient (Wildman–Crippen LogP) is 2.82. The van der Waals surface area contributed by atoms with Crippen LogP contribution in [0.5, 0.6) is 0 Å². The van der Waals surface area contributed by atoms with Crippen LogP contribution in [0.25, 0.3) is 0 Å². The highest BCUT2D eigenvalue weighted by molar-refractivity contribution is 9.10. The van der Waals surface area contributed by atoms with Gasteiger partial charge >= 0.3 is 0 Å². The molecule has 1 rings (SSSR count). The lowest BCUT2D eigenvalue weighted by atomic mass is 10.3. The lowest BCUT2D eigenvalue weighted by molar-refractivity contribution is 0.622. The van der Waals surface area contributed by atoms with Crippen molar-refractivity contribution in [1.29, 1.82) is 0 Å². The van der Waals surface area contributed by atoms with Crippen molar-refractivity contribution in [3.8, 4) is 0 Å². The molecule has 0 aliphatic carbocycles. The molecule has 0 spiro atoms. The van der Waals surface area contributed by atoms with E-state index in [9.17, 15) is 4.39 Å². The SMILES string of the molecule is Nc1cc(Cl)cc(F)c1Br. The summed E-state index contributed by atoms with van der Waals surface area (Å²) in [5.41, 5.74) is 5.66. The topological polar surface area (TPSA) is 26.0 Å². The molecule has 0 saturated heterocycles. The molecule has 0 radical (unpaired) electrons. The number of hydrogen-bond acceptors (Lipinski definition) is 1. The number of nitrogens with two attached hydrogens (primary N) is 1. The molecule has 0 atom stereocenters. The molecular weight excluding hydrogens is 220 g/mol. The van der Waals surface area contributed by atoms with E-state index in [1.165, 1.54) is 12.1 Å². The van der Waals surface area contributed by atoms with Gasteiger partial charge in [0.1, 0.15) is 5.82 Å². The van der Waals surface area contributed by atoms with Gasteiger partial charge in [-0.15, -0.1) is 0 Å². The minimum absolute atomic E-state index is 0.261. The first-order valence-corrected chi connectivity index (χ1v) is 3.68. The molecule has 0 unspecified atom stereocenters. The lowest BCUT2D eigenvalue weighted by Crippen LogP contribution is -1.88. The highest BCUT2D eigenvalue weighted by Gasteiger charge is 2.03. The Morgan fingerprint density at radius 1 is 1.50 bits per heavy atom. The Kier molecular flexibility index (Phi) is 2.16. The van der Waals surface area contributed by atoms with E-state index in [0.717, 1.165) is 0 Å². The van der Waals surface area contributed by atoms with Gasteiger partial charge in [-0.1, -0.05) is 11.6 Å². The second-order valence-electron chi connectivity index (χ2n) is 1.79. The van der Waals surface area contributed by atoms with Crippen molar-refractivity contribution in [2.75, 3.05) is 5.73 Å². The van der Waals surface area contributed by atoms with Crippen LogP contribution in [-0.4, -0.2) is 0 Å². The molecule has 4 heteroatoms. The number of nitrogen functional groups attached to an aromatic ring is 1. The van der Waals surface area contributed by atoms with Crippen molar-refractivity contribution in [2.24, 2.45) is 0 Å². The fraction of sp³-hybridized carbons (Fsp3) is 0. The second kappa shape index (κ2) is 2.76. The van der Waals surface area contributed by atoms with Crippen molar-refractivity contribution < 1.29 is 4.39 Å². The molecular formula is C6H4BrClFN. The summed E-state index contributed by atoms with van der Waals surface area (Å²) < 4.78 is 12.9. The largest absolute Gasteiger partial charge is 0.398 e. The van der Waals surface area contributed by atoms with E-state index in [4.69, 9.17) is 17.3 Å². The molecule has 0 aliphatic heterocycles. The Morgan fingerprint density at radius 3 is 2.60 bits per heavy atom. The van der Waals surface area contributed by atoms with Gasteiger partial charge in [0.25, 0.3) is 0 Å². The van der Waals surface area contributed by atoms with Gasteiger partial charge in [-0.3, -0.25) is 0 Å². The first-order valence-electron chi connectivity index (χ1n) is 2.51. The summed E-state index contributed by atoms with van der Waals surface area (Å²) in [5, 5.41) is 0.304. The Balaban J connectivity index is 3.31. The fourth-order valence-corrected chi connectivity index (χ4v) is 1.02. The van der Waals surface area contributed by atoms with Gasteiger partial charge in [0.2, 0.25) is 0 Å². The summed E-state index contributed by atoms with van der Waals surface area (Å²) >= 11 is 8.44. The fourth-order valence-electron chi connectivity index (χ4n) is 0.576. The highest BCUT2D eigenvalue weighted by Crippen LogP contribution is 2.26. The van der Waals surface area contributed by atoms with E-state index < -0.39 is 5.82 Å². The predicted molar refractivity (Wildman–Crippen MR) is 43.5 cm³/mol. The average Bonchev–Trinajstić information content (AvgIpc) is 1.82. The smallest absolute Gasteiger partial charge is 0.140 e. The van der Waals surface area contributed by atoms with Gasteiger partial charge in [-0.25, -0.2) is 4.39 Å². The molecule has 10 heavy (non-hydrogen) atoms. The quantitative estimate of drug-likeness (QED) is 0.532. The van der Waals surface area contributed by atoms with Gasteiger partial charge < -0.3 is 5.73 Å². The van der Waals surface area contributed by atoms with Crippen LogP contribution in [0.2, 0.25) is 5.02 Å². The molecule has 0 heterocycles. The number of anilines is 1. The molecule has 54 valence electrons. The maximum absolute atomic E-state index is 12.6. The molecule has 0 aromatic heterocycles. The van der Waals surface area contributed by atoms with Crippen LogP contribution in [0.15, 0.2) is 16.6 Å². The van der Waals surface area contributed by atoms with Crippen molar-refractivity contribution in [3.05, 3.63) is 27.4 Å². The molecule has 0 bridgehead atoms. The van der Waals surface area contributed by atoms with Crippen molar-refractivity contribution in [2.45, 2.75) is 0 Å². The molecule has 2 N–H and O–H groups in total. The van der Waals surface area contributed by atoms with Gasteiger partial charge in [-0.05, 0) is 28.1 Å². The molecule has 1 aromatic carbocycles. The minimum Gasteiger partial charge on any atom is -0.398 e. The Labute approximate surface area is 71.1 Å². The first kappa shape index (κ1) is 7.82. The van der Waals surface area contributed by atoms with Crippen LogP contribution in [0.1, 0.15) is 0 Å². The summed E-state index contributed by atoms with van der Waals surface area (Å²) in [6.45, 7) is 0. The van der Waals surface area contributed by atoms with Crippen molar-refractivity contribution in [1.82, 2.24) is 0 Å². The zero-order valence-corrected chi connectivity index (χ0v) is 7.21. The summed E-state index contributed by atoms with van der Waals surface area (Å²) in [6.07, 6.45) is 0. The number of benzene rings is 1. The third-order valence-electron chi connectivity index (χ3n) is 1.02. The molecule has 0 amide bonds. The molecule has 0 fully saturated rings. The molecule has 1 nitrogen and oxygen atoms in total. The molecule has 0 saturated carbocycles. The normalized spacial score (nSPS) is 9.90. The van der Waals surface area contributed by atoms with Crippen LogP contribution in [0.3, 0.4) is 0 Å². The van der Waals surface area contributed by atoms with E-state index in [2.05, 4.69) is 15.9 Å². The van der Waals surface area contributed by atoms with E-state index in [0.29, 0.717) is 10.7 Å². The lowest BCUT2D eigenvalue weighted by Gasteiger charge is -1.98. The van der Waals surface area contributed by atoms with E-state index >= 15 is 0 Å². The van der Waals surface area contributed by atoms with E-state index in [1.54, 1.807) is 0 Å². The standard InChI is InChI=1S/C6H4BrClFN/c7-6-4(9)1-3(8)2-5(6)10/h1-2H,10H2. The van der Waals surface area contributed by atoms with Gasteiger partial charge in [0, 0.05) is 5.02 Å². The minimum atomic E-state index is -0.440. The number of rotatable bonds is 0. The Morgan fingerprint density at radius 2 is 2.10 bits per heavy atom. The van der Waals surface area contributed by atoms with E-state index in [1.807, 2.05) is 0 Å². The monoisotopic (exact) mass is 223 g/mol. The zero-order valence-electron chi connectivity index (χ0n) is 4.87. The summed E-state index contributed by atoms with van der Waals surface area (Å²) in [7, 11) is 0. The van der Waals surface area contributed by atoms with Crippen molar-refractivity contribution in [3.63, 3.8) is 0 Å². The third-order valence-corrected chi connectivity index (χ3v) is 2.08. The maximum Gasteiger partial charge on any atom is 0.140 e. The summed E-state index contributed by atoms with van der Waals surface area (Å²) in [5.74, 6) is -0.440. The van der Waals surface area contributed by atoms with Crippen LogP contribution in [0, 0.1) is 5.82 Å². The van der Waals surface area contributed by atoms with Crippen LogP contribution in [-0.2, 0) is 0 Å². The first-order chi connectivity index (χ1) is 4.61. The summed E-state index contributed by atoms with van der Waals surface area (Å²) in [6, 6.07) is 2.68. The van der Waals surface area contributed by atoms with Crippen molar-refractivity contribution >= 4 is 33.2 Å². The van der Waals surface area contributed by atoms with Gasteiger partial charge in [-0.2, -0.15) is 0 Å². The Bertz CT molecular complexity index is 241. The van der Waals surface area contributed by atoms with Crippen LogP contribution < -0.4 is 5.73 Å². The van der Waals surface area contributed by atoms with Gasteiger partial charge in [0.15, 0.2) is 0 Å².